The summed E-state index contributed by atoms with van der Waals surface area (Å²) in [5.41, 5.74) is 8.41. The minimum absolute atomic E-state index is 0.00695. The molecule has 0 atom stereocenters. The van der Waals surface area contributed by atoms with E-state index in [0.717, 1.165) is 0 Å². The second-order valence-electron chi connectivity index (χ2n) is 10.0. The largest absolute Gasteiger partial charge is 0.197 e. The highest BCUT2D eigenvalue weighted by atomic mass is 14.4. The van der Waals surface area contributed by atoms with Crippen LogP contribution in [0, 0.1) is 6.92 Å². The summed E-state index contributed by atoms with van der Waals surface area (Å²) in [7, 11) is 0. The standard InChI is InChI=1S/C29H29B/c1-20-18-22-14-11-16-24-27(22)25(19-20)29(4,5)30(28(24,2)3)26-17-10-9-15-23(26)21-12-7-6-8-13-21/h6-19H,1-5H3. The van der Waals surface area contributed by atoms with Crippen LogP contribution in [0.4, 0.5) is 0 Å². The Morgan fingerprint density at radius 1 is 0.633 bits per heavy atom. The molecule has 0 bridgehead atoms. The molecule has 30 heavy (non-hydrogen) atoms. The van der Waals surface area contributed by atoms with Gasteiger partial charge in [-0.15, -0.1) is 0 Å². The van der Waals surface area contributed by atoms with Crippen molar-refractivity contribution in [1.82, 2.24) is 0 Å². The van der Waals surface area contributed by atoms with E-state index in [1.165, 1.54) is 44.1 Å². The first kappa shape index (κ1) is 19.2. The summed E-state index contributed by atoms with van der Waals surface area (Å²) in [4.78, 5) is 0. The Bertz CT molecular complexity index is 1250. The molecular weight excluding hydrogens is 359 g/mol. The van der Waals surface area contributed by atoms with E-state index in [-0.39, 0.29) is 10.6 Å². The third-order valence-electron chi connectivity index (χ3n) is 7.31. The molecule has 1 heterocycles. The number of hydrogen-bond donors (Lipinski definition) is 0. The Hall–Kier alpha value is -2.80. The van der Waals surface area contributed by atoms with Gasteiger partial charge >= 0.3 is 0 Å². The van der Waals surface area contributed by atoms with Crippen molar-refractivity contribution in [1.29, 1.82) is 0 Å². The molecule has 1 aliphatic heterocycles. The van der Waals surface area contributed by atoms with Crippen LogP contribution in [-0.2, 0) is 10.6 Å². The van der Waals surface area contributed by atoms with Gasteiger partial charge < -0.3 is 0 Å². The minimum atomic E-state index is 0.00695. The van der Waals surface area contributed by atoms with Gasteiger partial charge in [-0.25, -0.2) is 0 Å². The van der Waals surface area contributed by atoms with Crippen molar-refractivity contribution in [3.05, 3.63) is 102 Å². The third-order valence-corrected chi connectivity index (χ3v) is 7.31. The van der Waals surface area contributed by atoms with E-state index >= 15 is 0 Å². The van der Waals surface area contributed by atoms with E-state index < -0.39 is 0 Å². The molecule has 0 aliphatic carbocycles. The van der Waals surface area contributed by atoms with Crippen molar-refractivity contribution in [3.8, 4) is 11.1 Å². The summed E-state index contributed by atoms with van der Waals surface area (Å²) in [6, 6.07) is 31.5. The molecule has 0 fully saturated rings. The zero-order valence-corrected chi connectivity index (χ0v) is 18.7. The number of aryl methyl sites for hydroxylation is 1. The first-order valence-electron chi connectivity index (χ1n) is 11.0. The van der Waals surface area contributed by atoms with Gasteiger partial charge in [0.1, 0.15) is 0 Å². The lowest BCUT2D eigenvalue weighted by Crippen LogP contribution is -2.61. The zero-order valence-electron chi connectivity index (χ0n) is 18.7. The highest BCUT2D eigenvalue weighted by Crippen LogP contribution is 2.49. The predicted octanol–water partition coefficient (Wildman–Crippen LogP) is 6.86. The van der Waals surface area contributed by atoms with Crippen LogP contribution >= 0.6 is 0 Å². The maximum Gasteiger partial charge on any atom is 0.197 e. The summed E-state index contributed by atoms with van der Waals surface area (Å²) in [6.45, 7) is 12.4. The smallest absolute Gasteiger partial charge is 0.0705 e. The topological polar surface area (TPSA) is 0 Å². The molecule has 5 rings (SSSR count). The van der Waals surface area contributed by atoms with Gasteiger partial charge in [0, 0.05) is 0 Å². The van der Waals surface area contributed by atoms with E-state index in [4.69, 9.17) is 0 Å². The Morgan fingerprint density at radius 2 is 1.30 bits per heavy atom. The first-order chi connectivity index (χ1) is 14.3. The molecule has 0 saturated heterocycles. The van der Waals surface area contributed by atoms with E-state index in [9.17, 15) is 0 Å². The van der Waals surface area contributed by atoms with E-state index in [0.29, 0.717) is 6.71 Å². The van der Waals surface area contributed by atoms with Gasteiger partial charge in [0.25, 0.3) is 0 Å². The summed E-state index contributed by atoms with van der Waals surface area (Å²) in [5.74, 6) is 0. The molecule has 0 nitrogen and oxygen atoms in total. The van der Waals surface area contributed by atoms with Crippen LogP contribution in [0.1, 0.15) is 44.4 Å². The van der Waals surface area contributed by atoms with E-state index in [1.807, 2.05) is 0 Å². The number of benzene rings is 4. The molecule has 4 aromatic carbocycles. The maximum absolute atomic E-state index is 2.45. The van der Waals surface area contributed by atoms with Gasteiger partial charge in [-0.3, -0.25) is 0 Å². The summed E-state index contributed by atoms with van der Waals surface area (Å²) in [5, 5.41) is 2.85. The molecule has 0 saturated carbocycles. The highest BCUT2D eigenvalue weighted by Gasteiger charge is 2.52. The molecule has 4 aromatic rings. The predicted molar refractivity (Wildman–Crippen MR) is 132 cm³/mol. The van der Waals surface area contributed by atoms with Crippen LogP contribution in [0.25, 0.3) is 21.9 Å². The Balaban J connectivity index is 1.84. The van der Waals surface area contributed by atoms with Crippen LogP contribution in [0.15, 0.2) is 84.9 Å². The molecule has 0 radical (unpaired) electrons. The second kappa shape index (κ2) is 6.60. The second-order valence-corrected chi connectivity index (χ2v) is 10.0. The molecule has 0 N–H and O–H groups in total. The molecular formula is C29H29B. The van der Waals surface area contributed by atoms with Gasteiger partial charge in [-0.1, -0.05) is 124 Å². The maximum atomic E-state index is 2.45. The van der Waals surface area contributed by atoms with Gasteiger partial charge in [0.15, 0.2) is 6.71 Å². The lowest BCUT2D eigenvalue weighted by atomic mass is 9.17. The van der Waals surface area contributed by atoms with Crippen molar-refractivity contribution in [3.63, 3.8) is 0 Å². The monoisotopic (exact) mass is 388 g/mol. The number of hydrogen-bond acceptors (Lipinski definition) is 0. The van der Waals surface area contributed by atoms with Gasteiger partial charge in [0.2, 0.25) is 0 Å². The van der Waals surface area contributed by atoms with Crippen LogP contribution in [0.3, 0.4) is 0 Å². The fourth-order valence-electron chi connectivity index (χ4n) is 6.24. The highest BCUT2D eigenvalue weighted by molar-refractivity contribution is 6.80. The Morgan fingerprint density at radius 3 is 2.07 bits per heavy atom. The van der Waals surface area contributed by atoms with E-state index in [2.05, 4.69) is 120 Å². The van der Waals surface area contributed by atoms with Gasteiger partial charge in [-0.2, -0.15) is 0 Å². The molecule has 1 heteroatoms. The Labute approximate surface area is 181 Å². The van der Waals surface area contributed by atoms with Crippen LogP contribution in [0.5, 0.6) is 0 Å². The SMILES string of the molecule is Cc1cc2c3c(cccc3c1)C(C)(C)B(c1ccccc1-c1ccccc1)C2(C)C. The quantitative estimate of drug-likeness (QED) is 0.329. The van der Waals surface area contributed by atoms with Crippen molar-refractivity contribution >= 4 is 22.9 Å². The molecule has 0 amide bonds. The Kier molecular flexibility index (Phi) is 4.22. The van der Waals surface area contributed by atoms with Gasteiger partial charge in [0.05, 0.1) is 0 Å². The van der Waals surface area contributed by atoms with Gasteiger partial charge in [-0.05, 0) is 50.6 Å². The average molecular weight is 388 g/mol. The molecule has 0 aromatic heterocycles. The first-order valence-corrected chi connectivity index (χ1v) is 11.0. The van der Waals surface area contributed by atoms with Crippen LogP contribution < -0.4 is 5.46 Å². The third kappa shape index (κ3) is 2.68. The summed E-state index contributed by atoms with van der Waals surface area (Å²) < 4.78 is 0. The lowest BCUT2D eigenvalue weighted by molar-refractivity contribution is 0.636. The van der Waals surface area contributed by atoms with Crippen molar-refractivity contribution in [2.75, 3.05) is 0 Å². The zero-order chi connectivity index (χ0) is 21.1. The van der Waals surface area contributed by atoms with Crippen molar-refractivity contribution < 1.29 is 0 Å². The van der Waals surface area contributed by atoms with Crippen LogP contribution in [0.2, 0.25) is 0 Å². The van der Waals surface area contributed by atoms with Crippen molar-refractivity contribution in [2.24, 2.45) is 0 Å². The normalized spacial score (nSPS) is 16.6. The minimum Gasteiger partial charge on any atom is -0.0705 e. The molecule has 0 spiro atoms. The van der Waals surface area contributed by atoms with Crippen LogP contribution in [-0.4, -0.2) is 6.71 Å². The van der Waals surface area contributed by atoms with Crippen molar-refractivity contribution in [2.45, 2.75) is 45.2 Å². The summed E-state index contributed by atoms with van der Waals surface area (Å²) >= 11 is 0. The molecule has 0 unspecified atom stereocenters. The number of rotatable bonds is 2. The fraction of sp³-hybridized carbons (Fsp3) is 0.241. The lowest BCUT2D eigenvalue weighted by Gasteiger charge is -2.49. The average Bonchev–Trinajstić information content (AvgIpc) is 2.72. The molecule has 1 aliphatic rings. The molecule has 148 valence electrons. The fourth-order valence-corrected chi connectivity index (χ4v) is 6.24. The summed E-state index contributed by atoms with van der Waals surface area (Å²) in [6.07, 6.45) is 0. The van der Waals surface area contributed by atoms with E-state index in [1.54, 1.807) is 0 Å².